The van der Waals surface area contributed by atoms with Crippen LogP contribution in [0, 0.1) is 0 Å². The first-order valence-corrected chi connectivity index (χ1v) is 6.64. The molecule has 0 radical (unpaired) electrons. The van der Waals surface area contributed by atoms with E-state index >= 15 is 0 Å². The molecule has 0 aromatic heterocycles. The normalized spacial score (nSPS) is 16.4. The van der Waals surface area contributed by atoms with Gasteiger partial charge in [0.25, 0.3) is 0 Å². The monoisotopic (exact) mass is 271 g/mol. The van der Waals surface area contributed by atoms with Crippen LogP contribution in [0.5, 0.6) is 0 Å². The summed E-state index contributed by atoms with van der Waals surface area (Å²) in [7, 11) is 0. The van der Waals surface area contributed by atoms with Crippen LogP contribution in [-0.4, -0.2) is 18.4 Å². The van der Waals surface area contributed by atoms with E-state index in [0.717, 1.165) is 12.8 Å². The average Bonchev–Trinajstić information content (AvgIpc) is 2.82. The quantitative estimate of drug-likeness (QED) is 0.846. The van der Waals surface area contributed by atoms with Crippen molar-refractivity contribution in [3.8, 4) is 0 Å². The Bertz CT molecular complexity index is 414. The third kappa shape index (κ3) is 3.21. The standard InChI is InChI=1S/C13H15Cl2NO/c14-11-7-3-6-10(13(11)15)12(17)8-16-9-4-1-2-5-9/h3,6-7,9,16H,1-2,4-5,8H2. The number of nitrogens with one attached hydrogen (secondary N) is 1. The summed E-state index contributed by atoms with van der Waals surface area (Å²) in [6.07, 6.45) is 4.83. The Balaban J connectivity index is 1.97. The van der Waals surface area contributed by atoms with E-state index in [0.29, 0.717) is 28.2 Å². The summed E-state index contributed by atoms with van der Waals surface area (Å²) in [5, 5.41) is 4.06. The molecular formula is C13H15Cl2NO. The minimum absolute atomic E-state index is 0.00407. The van der Waals surface area contributed by atoms with Crippen molar-refractivity contribution in [2.24, 2.45) is 0 Å². The number of halogens is 2. The lowest BCUT2D eigenvalue weighted by atomic mass is 10.1. The molecule has 1 aliphatic rings. The molecule has 0 heterocycles. The van der Waals surface area contributed by atoms with Gasteiger partial charge in [-0.05, 0) is 25.0 Å². The fourth-order valence-corrected chi connectivity index (χ4v) is 2.59. The van der Waals surface area contributed by atoms with Gasteiger partial charge in [-0.3, -0.25) is 4.79 Å². The number of carbonyl (C=O) groups is 1. The third-order valence-corrected chi connectivity index (χ3v) is 3.98. The Kier molecular flexibility index (Phi) is 4.43. The molecule has 0 aliphatic heterocycles. The summed E-state index contributed by atoms with van der Waals surface area (Å²) in [6, 6.07) is 5.63. The van der Waals surface area contributed by atoms with Gasteiger partial charge in [-0.15, -0.1) is 0 Å². The molecule has 0 amide bonds. The van der Waals surface area contributed by atoms with Crippen LogP contribution < -0.4 is 5.32 Å². The predicted octanol–water partition coefficient (Wildman–Crippen LogP) is 3.71. The van der Waals surface area contributed by atoms with Crippen molar-refractivity contribution in [1.82, 2.24) is 5.32 Å². The fourth-order valence-electron chi connectivity index (χ4n) is 2.18. The Morgan fingerprint density at radius 1 is 1.29 bits per heavy atom. The zero-order chi connectivity index (χ0) is 12.3. The van der Waals surface area contributed by atoms with Crippen molar-refractivity contribution in [3.63, 3.8) is 0 Å². The molecule has 1 aromatic rings. The van der Waals surface area contributed by atoms with E-state index in [1.807, 2.05) is 0 Å². The Hall–Kier alpha value is -0.570. The molecule has 0 bridgehead atoms. The van der Waals surface area contributed by atoms with Gasteiger partial charge in [0.1, 0.15) is 0 Å². The van der Waals surface area contributed by atoms with Gasteiger partial charge in [-0.1, -0.05) is 42.1 Å². The highest BCUT2D eigenvalue weighted by atomic mass is 35.5. The number of hydrogen-bond donors (Lipinski definition) is 1. The highest BCUT2D eigenvalue weighted by Crippen LogP contribution is 2.25. The number of benzene rings is 1. The van der Waals surface area contributed by atoms with Gasteiger partial charge in [0.2, 0.25) is 0 Å². The van der Waals surface area contributed by atoms with Gasteiger partial charge < -0.3 is 5.32 Å². The van der Waals surface area contributed by atoms with Crippen LogP contribution in [0.4, 0.5) is 0 Å². The molecule has 0 spiro atoms. The maximum absolute atomic E-state index is 12.0. The first kappa shape index (κ1) is 12.9. The minimum atomic E-state index is 0.00407. The number of hydrogen-bond acceptors (Lipinski definition) is 2. The van der Waals surface area contributed by atoms with E-state index in [9.17, 15) is 4.79 Å². The van der Waals surface area contributed by atoms with Gasteiger partial charge >= 0.3 is 0 Å². The molecule has 2 nitrogen and oxygen atoms in total. The molecule has 1 aromatic carbocycles. The van der Waals surface area contributed by atoms with Crippen molar-refractivity contribution in [1.29, 1.82) is 0 Å². The van der Waals surface area contributed by atoms with E-state index in [2.05, 4.69) is 5.32 Å². The highest BCUT2D eigenvalue weighted by molar-refractivity contribution is 6.43. The van der Waals surface area contributed by atoms with E-state index in [1.165, 1.54) is 12.8 Å². The summed E-state index contributed by atoms with van der Waals surface area (Å²) in [6.45, 7) is 0.338. The van der Waals surface area contributed by atoms with Crippen LogP contribution in [0.3, 0.4) is 0 Å². The lowest BCUT2D eigenvalue weighted by Crippen LogP contribution is -2.31. The van der Waals surface area contributed by atoms with E-state index in [4.69, 9.17) is 23.2 Å². The van der Waals surface area contributed by atoms with Crippen molar-refractivity contribution in [2.45, 2.75) is 31.7 Å². The number of Topliss-reactive ketones (excluding diaryl/α,β-unsaturated/α-hetero) is 1. The smallest absolute Gasteiger partial charge is 0.178 e. The number of carbonyl (C=O) groups excluding carboxylic acids is 1. The maximum Gasteiger partial charge on any atom is 0.178 e. The number of ketones is 1. The van der Waals surface area contributed by atoms with E-state index in [-0.39, 0.29) is 5.78 Å². The molecule has 2 rings (SSSR count). The molecule has 17 heavy (non-hydrogen) atoms. The fraction of sp³-hybridized carbons (Fsp3) is 0.462. The Morgan fingerprint density at radius 3 is 2.71 bits per heavy atom. The zero-order valence-electron chi connectivity index (χ0n) is 9.51. The lowest BCUT2D eigenvalue weighted by Gasteiger charge is -2.11. The Labute approximate surface area is 111 Å². The van der Waals surface area contributed by atoms with Gasteiger partial charge in [-0.25, -0.2) is 0 Å². The molecule has 0 atom stereocenters. The SMILES string of the molecule is O=C(CNC1CCCC1)c1cccc(Cl)c1Cl. The molecule has 1 aliphatic carbocycles. The predicted molar refractivity (Wildman–Crippen MR) is 71.1 cm³/mol. The molecule has 0 saturated heterocycles. The Morgan fingerprint density at radius 2 is 2.00 bits per heavy atom. The molecule has 1 saturated carbocycles. The van der Waals surface area contributed by atoms with E-state index < -0.39 is 0 Å². The molecule has 1 fully saturated rings. The summed E-state index contributed by atoms with van der Waals surface area (Å²) in [5.74, 6) is 0.00407. The van der Waals surface area contributed by atoms with Gasteiger partial charge in [0, 0.05) is 11.6 Å². The second-order valence-electron chi connectivity index (χ2n) is 4.39. The minimum Gasteiger partial charge on any atom is -0.307 e. The van der Waals surface area contributed by atoms with Crippen molar-refractivity contribution >= 4 is 29.0 Å². The summed E-state index contributed by atoms with van der Waals surface area (Å²) < 4.78 is 0. The molecular weight excluding hydrogens is 257 g/mol. The second kappa shape index (κ2) is 5.85. The summed E-state index contributed by atoms with van der Waals surface area (Å²) in [5.41, 5.74) is 0.504. The zero-order valence-corrected chi connectivity index (χ0v) is 11.0. The van der Waals surface area contributed by atoms with Gasteiger partial charge in [0.15, 0.2) is 5.78 Å². The van der Waals surface area contributed by atoms with E-state index in [1.54, 1.807) is 18.2 Å². The third-order valence-electron chi connectivity index (χ3n) is 3.16. The number of rotatable bonds is 4. The molecule has 92 valence electrons. The second-order valence-corrected chi connectivity index (χ2v) is 5.17. The average molecular weight is 272 g/mol. The summed E-state index contributed by atoms with van der Waals surface area (Å²) >= 11 is 11.9. The maximum atomic E-state index is 12.0. The topological polar surface area (TPSA) is 29.1 Å². The molecule has 0 unspecified atom stereocenters. The first-order chi connectivity index (χ1) is 8.18. The first-order valence-electron chi connectivity index (χ1n) is 5.89. The van der Waals surface area contributed by atoms with Gasteiger partial charge in [0.05, 0.1) is 16.6 Å². The summed E-state index contributed by atoms with van der Waals surface area (Å²) in [4.78, 5) is 12.0. The molecule has 4 heteroatoms. The van der Waals surface area contributed by atoms with Gasteiger partial charge in [-0.2, -0.15) is 0 Å². The van der Waals surface area contributed by atoms with Crippen molar-refractivity contribution in [2.75, 3.05) is 6.54 Å². The van der Waals surface area contributed by atoms with Crippen LogP contribution in [0.15, 0.2) is 18.2 Å². The van der Waals surface area contributed by atoms with Crippen LogP contribution in [-0.2, 0) is 0 Å². The van der Waals surface area contributed by atoms with Crippen LogP contribution >= 0.6 is 23.2 Å². The van der Waals surface area contributed by atoms with Crippen molar-refractivity contribution < 1.29 is 4.79 Å². The lowest BCUT2D eigenvalue weighted by molar-refractivity contribution is 0.0987. The van der Waals surface area contributed by atoms with Crippen LogP contribution in [0.1, 0.15) is 36.0 Å². The molecule has 1 N–H and O–H groups in total. The highest BCUT2D eigenvalue weighted by Gasteiger charge is 2.17. The van der Waals surface area contributed by atoms with Crippen molar-refractivity contribution in [3.05, 3.63) is 33.8 Å². The van der Waals surface area contributed by atoms with Crippen LogP contribution in [0.2, 0.25) is 10.0 Å². The van der Waals surface area contributed by atoms with Crippen LogP contribution in [0.25, 0.3) is 0 Å². The largest absolute Gasteiger partial charge is 0.307 e.